The van der Waals surface area contributed by atoms with Gasteiger partial charge in [-0.05, 0) is 44.4 Å². The Morgan fingerprint density at radius 3 is 2.72 bits per heavy atom. The van der Waals surface area contributed by atoms with Gasteiger partial charge in [0, 0.05) is 17.5 Å². The lowest BCUT2D eigenvalue weighted by Gasteiger charge is -2.19. The molecule has 102 valence electrons. The molecule has 4 nitrogen and oxygen atoms in total. The summed E-state index contributed by atoms with van der Waals surface area (Å²) in [5, 5.41) is 0. The van der Waals surface area contributed by atoms with Crippen molar-refractivity contribution in [3.8, 4) is 0 Å². The first kappa shape index (κ1) is 14.0. The zero-order valence-electron chi connectivity index (χ0n) is 10.8. The summed E-state index contributed by atoms with van der Waals surface area (Å²) in [6.07, 6.45) is 1.69. The molecule has 2 rings (SSSR count). The fourth-order valence-electron chi connectivity index (χ4n) is 2.49. The molecular weight excluding hydrogens is 268 g/mol. The largest absolute Gasteiger partial charge is 0.330 e. The second kappa shape index (κ2) is 5.28. The zero-order chi connectivity index (χ0) is 13.3. The van der Waals surface area contributed by atoms with Crippen LogP contribution < -0.4 is 5.73 Å². The van der Waals surface area contributed by atoms with Crippen LogP contribution in [0.3, 0.4) is 0 Å². The Balaban J connectivity index is 2.24. The minimum Gasteiger partial charge on any atom is -0.330 e. The lowest BCUT2D eigenvalue weighted by Crippen LogP contribution is -2.33. The summed E-state index contributed by atoms with van der Waals surface area (Å²) in [5.74, 6) is 0.443. The first-order valence-electron chi connectivity index (χ1n) is 6.25. The second-order valence-corrected chi connectivity index (χ2v) is 8.31. The third-order valence-corrected chi connectivity index (χ3v) is 6.91. The van der Waals surface area contributed by atoms with E-state index in [0.29, 0.717) is 23.2 Å². The molecule has 0 aromatic carbocycles. The highest BCUT2D eigenvalue weighted by Gasteiger charge is 2.36. The van der Waals surface area contributed by atoms with E-state index in [-0.39, 0.29) is 6.04 Å². The highest BCUT2D eigenvalue weighted by Crippen LogP contribution is 2.32. The van der Waals surface area contributed by atoms with E-state index in [1.54, 1.807) is 10.4 Å². The number of rotatable bonds is 4. The lowest BCUT2D eigenvalue weighted by atomic mass is 10.1. The average Bonchev–Trinajstić information content (AvgIpc) is 2.86. The molecule has 1 aromatic heterocycles. The van der Waals surface area contributed by atoms with Crippen molar-refractivity contribution in [3.05, 3.63) is 17.0 Å². The molecule has 0 bridgehead atoms. The Labute approximate surface area is 113 Å². The first-order valence-corrected chi connectivity index (χ1v) is 8.51. The van der Waals surface area contributed by atoms with E-state index in [9.17, 15) is 8.42 Å². The third-order valence-electron chi connectivity index (χ3n) is 3.32. The Bertz CT molecular complexity index is 510. The van der Waals surface area contributed by atoms with Crippen molar-refractivity contribution in [2.75, 3.05) is 13.1 Å². The van der Waals surface area contributed by atoms with Crippen molar-refractivity contribution in [2.24, 2.45) is 11.7 Å². The van der Waals surface area contributed by atoms with E-state index in [0.717, 1.165) is 17.7 Å². The quantitative estimate of drug-likeness (QED) is 0.916. The maximum absolute atomic E-state index is 12.5. The average molecular weight is 288 g/mol. The maximum Gasteiger partial charge on any atom is 0.252 e. The highest BCUT2D eigenvalue weighted by atomic mass is 32.2. The van der Waals surface area contributed by atoms with Gasteiger partial charge in [0.25, 0.3) is 10.0 Å². The van der Waals surface area contributed by atoms with Crippen LogP contribution >= 0.6 is 11.3 Å². The van der Waals surface area contributed by atoms with Crippen molar-refractivity contribution in [2.45, 2.75) is 36.9 Å². The third kappa shape index (κ3) is 2.61. The van der Waals surface area contributed by atoms with E-state index in [4.69, 9.17) is 5.73 Å². The molecule has 0 saturated carbocycles. The van der Waals surface area contributed by atoms with Crippen molar-refractivity contribution < 1.29 is 8.42 Å². The molecule has 1 aromatic rings. The molecule has 0 aliphatic carbocycles. The Kier molecular flexibility index (Phi) is 4.11. The minimum atomic E-state index is -3.31. The fraction of sp³-hybridized carbons (Fsp3) is 0.667. The van der Waals surface area contributed by atoms with Crippen LogP contribution in [-0.2, 0) is 16.4 Å². The van der Waals surface area contributed by atoms with E-state index in [2.05, 4.69) is 6.92 Å². The Morgan fingerprint density at radius 2 is 2.17 bits per heavy atom. The number of hydrogen-bond acceptors (Lipinski definition) is 4. The van der Waals surface area contributed by atoms with E-state index in [1.165, 1.54) is 11.3 Å². The van der Waals surface area contributed by atoms with Crippen LogP contribution in [-0.4, -0.2) is 31.9 Å². The molecule has 2 N–H and O–H groups in total. The molecule has 6 heteroatoms. The molecule has 1 aliphatic rings. The van der Waals surface area contributed by atoms with Crippen LogP contribution in [0.1, 0.15) is 25.1 Å². The number of thiophene rings is 1. The van der Waals surface area contributed by atoms with Gasteiger partial charge in [-0.1, -0.05) is 6.92 Å². The molecule has 18 heavy (non-hydrogen) atoms. The molecule has 2 heterocycles. The van der Waals surface area contributed by atoms with Crippen molar-refractivity contribution in [3.63, 3.8) is 0 Å². The molecule has 2 atom stereocenters. The Hall–Kier alpha value is -0.430. The van der Waals surface area contributed by atoms with Crippen LogP contribution in [0.5, 0.6) is 0 Å². The van der Waals surface area contributed by atoms with Crippen LogP contribution in [0, 0.1) is 5.92 Å². The summed E-state index contributed by atoms with van der Waals surface area (Å²) in [6, 6.07) is 3.68. The molecule has 0 radical (unpaired) electrons. The van der Waals surface area contributed by atoms with Gasteiger partial charge >= 0.3 is 0 Å². The molecule has 0 spiro atoms. The maximum atomic E-state index is 12.5. The van der Waals surface area contributed by atoms with Crippen molar-refractivity contribution >= 4 is 21.4 Å². The van der Waals surface area contributed by atoms with E-state index in [1.807, 2.05) is 13.0 Å². The number of nitrogens with zero attached hydrogens (tertiary/aromatic N) is 1. The van der Waals surface area contributed by atoms with Gasteiger partial charge in [0.05, 0.1) is 0 Å². The van der Waals surface area contributed by atoms with Gasteiger partial charge in [-0.25, -0.2) is 8.42 Å². The Morgan fingerprint density at radius 1 is 1.44 bits per heavy atom. The first-order chi connectivity index (χ1) is 8.45. The molecular formula is C12H20N2O2S2. The normalized spacial score (nSPS) is 25.7. The second-order valence-electron chi connectivity index (χ2n) is 5.02. The van der Waals surface area contributed by atoms with Gasteiger partial charge < -0.3 is 5.73 Å². The molecule has 1 saturated heterocycles. The van der Waals surface area contributed by atoms with Gasteiger partial charge in [0.15, 0.2) is 0 Å². The number of nitrogens with two attached hydrogens (primary N) is 1. The predicted octanol–water partition coefficient (Wildman–Crippen LogP) is 1.67. The smallest absolute Gasteiger partial charge is 0.252 e. The zero-order valence-corrected chi connectivity index (χ0v) is 12.4. The SMILES string of the molecule is CC1CC(C)N(S(=O)(=O)c2ccc(CCN)s2)C1. The lowest BCUT2D eigenvalue weighted by molar-refractivity contribution is 0.407. The van der Waals surface area contributed by atoms with Gasteiger partial charge in [0.1, 0.15) is 4.21 Å². The molecule has 0 amide bonds. The van der Waals surface area contributed by atoms with Crippen LogP contribution in [0.25, 0.3) is 0 Å². The monoisotopic (exact) mass is 288 g/mol. The van der Waals surface area contributed by atoms with E-state index < -0.39 is 10.0 Å². The topological polar surface area (TPSA) is 63.4 Å². The van der Waals surface area contributed by atoms with Crippen molar-refractivity contribution in [1.82, 2.24) is 4.31 Å². The van der Waals surface area contributed by atoms with E-state index >= 15 is 0 Å². The highest BCUT2D eigenvalue weighted by molar-refractivity contribution is 7.91. The van der Waals surface area contributed by atoms with Crippen LogP contribution in [0.15, 0.2) is 16.3 Å². The van der Waals surface area contributed by atoms with Gasteiger partial charge in [-0.2, -0.15) is 4.31 Å². The molecule has 1 fully saturated rings. The van der Waals surface area contributed by atoms with Gasteiger partial charge in [-0.15, -0.1) is 11.3 Å². The summed E-state index contributed by atoms with van der Waals surface area (Å²) in [4.78, 5) is 1.04. The number of hydrogen-bond donors (Lipinski definition) is 1. The fourth-order valence-corrected chi connectivity index (χ4v) is 5.75. The van der Waals surface area contributed by atoms with Crippen LogP contribution in [0.4, 0.5) is 0 Å². The van der Waals surface area contributed by atoms with Gasteiger partial charge in [0.2, 0.25) is 0 Å². The summed E-state index contributed by atoms with van der Waals surface area (Å²) in [6.45, 7) is 5.26. The number of sulfonamides is 1. The summed E-state index contributed by atoms with van der Waals surface area (Å²) in [5.41, 5.74) is 5.49. The van der Waals surface area contributed by atoms with Crippen molar-refractivity contribution in [1.29, 1.82) is 0 Å². The predicted molar refractivity (Wildman–Crippen MR) is 74.2 cm³/mol. The van der Waals surface area contributed by atoms with Gasteiger partial charge in [-0.3, -0.25) is 0 Å². The summed E-state index contributed by atoms with van der Waals surface area (Å²) in [7, 11) is -3.31. The molecule has 2 unspecified atom stereocenters. The summed E-state index contributed by atoms with van der Waals surface area (Å²) < 4.78 is 27.1. The standard InChI is InChI=1S/C12H20N2O2S2/c1-9-7-10(2)14(8-9)18(15,16)12-4-3-11(17-12)5-6-13/h3-4,9-10H,5-8,13H2,1-2H3. The van der Waals surface area contributed by atoms with Crippen LogP contribution in [0.2, 0.25) is 0 Å². The molecule has 1 aliphatic heterocycles. The minimum absolute atomic E-state index is 0.102. The summed E-state index contributed by atoms with van der Waals surface area (Å²) >= 11 is 1.34.